The van der Waals surface area contributed by atoms with Crippen LogP contribution in [-0.2, 0) is 0 Å². The Morgan fingerprint density at radius 1 is 1.09 bits per heavy atom. The van der Waals surface area contributed by atoms with Gasteiger partial charge >= 0.3 is 5.69 Å². The molecule has 23 heavy (non-hydrogen) atoms. The van der Waals surface area contributed by atoms with E-state index in [9.17, 15) is 10.1 Å². The van der Waals surface area contributed by atoms with E-state index in [0.717, 1.165) is 24.5 Å². The summed E-state index contributed by atoms with van der Waals surface area (Å²) in [5.74, 6) is 1.28. The Bertz CT molecular complexity index is 699. The first-order valence-corrected chi connectivity index (χ1v) is 7.43. The van der Waals surface area contributed by atoms with Gasteiger partial charge in [-0.1, -0.05) is 12.1 Å². The first-order valence-electron chi connectivity index (χ1n) is 7.43. The molecule has 0 saturated carbocycles. The molecule has 0 radical (unpaired) electrons. The Kier molecular flexibility index (Phi) is 4.27. The van der Waals surface area contributed by atoms with Crippen molar-refractivity contribution in [1.82, 2.24) is 4.98 Å². The second kappa shape index (κ2) is 6.51. The fourth-order valence-corrected chi connectivity index (χ4v) is 2.82. The van der Waals surface area contributed by atoms with Crippen LogP contribution in [0.1, 0.15) is 0 Å². The van der Waals surface area contributed by atoms with E-state index in [1.54, 1.807) is 19.4 Å². The van der Waals surface area contributed by atoms with Crippen molar-refractivity contribution >= 4 is 17.2 Å². The Labute approximate surface area is 134 Å². The molecule has 0 bridgehead atoms. The molecule has 7 heteroatoms. The Morgan fingerprint density at radius 2 is 1.78 bits per heavy atom. The predicted octanol–water partition coefficient (Wildman–Crippen LogP) is 2.33. The van der Waals surface area contributed by atoms with Crippen molar-refractivity contribution in [3.8, 4) is 5.75 Å². The van der Waals surface area contributed by atoms with E-state index < -0.39 is 0 Å². The standard InChI is InChI=1S/C16H18N4O3/c1-23-15-7-3-2-5-13(15)18-9-11-19(12-10-18)16-14(20(21)22)6-4-8-17-16/h2-8H,9-12H2,1H3. The second-order valence-electron chi connectivity index (χ2n) is 5.25. The van der Waals surface area contributed by atoms with Gasteiger partial charge < -0.3 is 14.5 Å². The number of anilines is 2. The maximum absolute atomic E-state index is 11.1. The van der Waals surface area contributed by atoms with Crippen LogP contribution in [0.4, 0.5) is 17.2 Å². The van der Waals surface area contributed by atoms with Gasteiger partial charge in [-0.25, -0.2) is 4.98 Å². The van der Waals surface area contributed by atoms with Gasteiger partial charge in [-0.05, 0) is 18.2 Å². The summed E-state index contributed by atoms with van der Waals surface area (Å²) in [7, 11) is 1.66. The van der Waals surface area contributed by atoms with Gasteiger partial charge in [-0.2, -0.15) is 0 Å². The van der Waals surface area contributed by atoms with E-state index >= 15 is 0 Å². The largest absolute Gasteiger partial charge is 0.495 e. The van der Waals surface area contributed by atoms with Crippen molar-refractivity contribution in [2.75, 3.05) is 43.1 Å². The van der Waals surface area contributed by atoms with E-state index in [0.29, 0.717) is 18.9 Å². The third-order valence-corrected chi connectivity index (χ3v) is 3.97. The number of methoxy groups -OCH3 is 1. The molecule has 1 aromatic heterocycles. The molecule has 1 aromatic carbocycles. The van der Waals surface area contributed by atoms with Gasteiger partial charge in [0.2, 0.25) is 5.82 Å². The number of ether oxygens (including phenoxy) is 1. The van der Waals surface area contributed by atoms with Gasteiger partial charge in [0.15, 0.2) is 0 Å². The van der Waals surface area contributed by atoms with Crippen LogP contribution >= 0.6 is 0 Å². The van der Waals surface area contributed by atoms with E-state index in [-0.39, 0.29) is 10.6 Å². The lowest BCUT2D eigenvalue weighted by molar-refractivity contribution is -0.384. The first kappa shape index (κ1) is 15.1. The van der Waals surface area contributed by atoms with Crippen LogP contribution in [0.25, 0.3) is 0 Å². The highest BCUT2D eigenvalue weighted by atomic mass is 16.6. The van der Waals surface area contributed by atoms with Crippen molar-refractivity contribution in [3.05, 3.63) is 52.7 Å². The van der Waals surface area contributed by atoms with Crippen molar-refractivity contribution in [2.24, 2.45) is 0 Å². The minimum Gasteiger partial charge on any atom is -0.495 e. The molecule has 0 aliphatic carbocycles. The molecule has 1 saturated heterocycles. The molecular formula is C16H18N4O3. The smallest absolute Gasteiger partial charge is 0.311 e. The number of para-hydroxylation sites is 2. The van der Waals surface area contributed by atoms with Crippen molar-refractivity contribution < 1.29 is 9.66 Å². The van der Waals surface area contributed by atoms with Gasteiger partial charge in [-0.15, -0.1) is 0 Å². The molecular weight excluding hydrogens is 296 g/mol. The van der Waals surface area contributed by atoms with Crippen LogP contribution in [0.5, 0.6) is 5.75 Å². The van der Waals surface area contributed by atoms with Gasteiger partial charge in [0.05, 0.1) is 17.7 Å². The highest BCUT2D eigenvalue weighted by Crippen LogP contribution is 2.30. The number of hydrogen-bond acceptors (Lipinski definition) is 6. The summed E-state index contributed by atoms with van der Waals surface area (Å²) < 4.78 is 5.40. The first-order chi connectivity index (χ1) is 11.2. The molecule has 3 rings (SSSR count). The zero-order chi connectivity index (χ0) is 16.2. The zero-order valence-corrected chi connectivity index (χ0v) is 12.9. The number of piperazine rings is 1. The van der Waals surface area contributed by atoms with Crippen LogP contribution < -0.4 is 14.5 Å². The van der Waals surface area contributed by atoms with Gasteiger partial charge in [-0.3, -0.25) is 10.1 Å². The molecule has 2 heterocycles. The average molecular weight is 314 g/mol. The number of aromatic nitrogens is 1. The Morgan fingerprint density at radius 3 is 2.48 bits per heavy atom. The molecule has 2 aromatic rings. The number of nitrogens with zero attached hydrogens (tertiary/aromatic N) is 4. The minimum absolute atomic E-state index is 0.0539. The lowest BCUT2D eigenvalue weighted by Crippen LogP contribution is -2.47. The summed E-state index contributed by atoms with van der Waals surface area (Å²) >= 11 is 0. The fraction of sp³-hybridized carbons (Fsp3) is 0.312. The molecule has 7 nitrogen and oxygen atoms in total. The van der Waals surface area contributed by atoms with Gasteiger partial charge in [0.1, 0.15) is 5.75 Å². The second-order valence-corrected chi connectivity index (χ2v) is 5.25. The summed E-state index contributed by atoms with van der Waals surface area (Å²) in [5.41, 5.74) is 1.10. The highest BCUT2D eigenvalue weighted by Gasteiger charge is 2.25. The summed E-state index contributed by atoms with van der Waals surface area (Å²) in [4.78, 5) is 19.2. The lowest BCUT2D eigenvalue weighted by Gasteiger charge is -2.36. The zero-order valence-electron chi connectivity index (χ0n) is 12.9. The number of pyridine rings is 1. The summed E-state index contributed by atoms with van der Waals surface area (Å²) in [6.07, 6.45) is 1.59. The molecule has 0 amide bonds. The van der Waals surface area contributed by atoms with Crippen LogP contribution in [0.15, 0.2) is 42.6 Å². The van der Waals surface area contributed by atoms with E-state index in [2.05, 4.69) is 9.88 Å². The number of rotatable bonds is 4. The van der Waals surface area contributed by atoms with Crippen molar-refractivity contribution in [3.63, 3.8) is 0 Å². The normalized spacial score (nSPS) is 14.7. The molecule has 1 aliphatic rings. The molecule has 0 spiro atoms. The minimum atomic E-state index is -0.380. The maximum atomic E-state index is 11.1. The van der Waals surface area contributed by atoms with Crippen LogP contribution in [-0.4, -0.2) is 43.2 Å². The maximum Gasteiger partial charge on any atom is 0.311 e. The summed E-state index contributed by atoms with van der Waals surface area (Å²) in [6.45, 7) is 2.87. The average Bonchev–Trinajstić information content (AvgIpc) is 2.62. The van der Waals surface area contributed by atoms with E-state index in [4.69, 9.17) is 4.74 Å². The van der Waals surface area contributed by atoms with Crippen LogP contribution in [0.2, 0.25) is 0 Å². The molecule has 1 aliphatic heterocycles. The number of nitro groups is 1. The summed E-state index contributed by atoms with van der Waals surface area (Å²) in [5, 5.41) is 11.1. The molecule has 0 atom stereocenters. The molecule has 0 unspecified atom stereocenters. The summed E-state index contributed by atoms with van der Waals surface area (Å²) in [6, 6.07) is 11.0. The SMILES string of the molecule is COc1ccccc1N1CCN(c2ncccc2[N+](=O)[O-])CC1. The number of hydrogen-bond donors (Lipinski definition) is 0. The molecule has 1 fully saturated rings. The lowest BCUT2D eigenvalue weighted by atomic mass is 10.2. The van der Waals surface area contributed by atoms with Crippen LogP contribution in [0, 0.1) is 10.1 Å². The Hall–Kier alpha value is -2.83. The Balaban J connectivity index is 1.75. The van der Waals surface area contributed by atoms with Crippen molar-refractivity contribution in [2.45, 2.75) is 0 Å². The topological polar surface area (TPSA) is 71.7 Å². The molecule has 120 valence electrons. The highest BCUT2D eigenvalue weighted by molar-refractivity contribution is 5.61. The van der Waals surface area contributed by atoms with Crippen LogP contribution in [0.3, 0.4) is 0 Å². The fourth-order valence-electron chi connectivity index (χ4n) is 2.82. The third kappa shape index (κ3) is 3.03. The monoisotopic (exact) mass is 314 g/mol. The van der Waals surface area contributed by atoms with Gasteiger partial charge in [0, 0.05) is 38.4 Å². The molecule has 0 N–H and O–H groups in total. The predicted molar refractivity (Wildman–Crippen MR) is 88.3 cm³/mol. The number of benzene rings is 1. The van der Waals surface area contributed by atoms with Gasteiger partial charge in [0.25, 0.3) is 0 Å². The van der Waals surface area contributed by atoms with Crippen molar-refractivity contribution in [1.29, 1.82) is 0 Å². The quantitative estimate of drug-likeness (QED) is 0.637. The van der Waals surface area contributed by atoms with E-state index in [1.807, 2.05) is 29.2 Å². The van der Waals surface area contributed by atoms with E-state index in [1.165, 1.54) is 6.07 Å². The third-order valence-electron chi connectivity index (χ3n) is 3.97.